The molecule has 148 valence electrons. The average Bonchev–Trinajstić information content (AvgIpc) is 3.47. The summed E-state index contributed by atoms with van der Waals surface area (Å²) in [7, 11) is 0. The molecule has 0 radical (unpaired) electrons. The summed E-state index contributed by atoms with van der Waals surface area (Å²) in [6.45, 7) is 2.69. The molecule has 1 saturated heterocycles. The lowest BCUT2D eigenvalue weighted by Crippen LogP contribution is -2.41. The van der Waals surface area contributed by atoms with Gasteiger partial charge < -0.3 is 9.73 Å². The summed E-state index contributed by atoms with van der Waals surface area (Å²) < 4.78 is 7.82. The van der Waals surface area contributed by atoms with E-state index in [0.717, 1.165) is 23.7 Å². The van der Waals surface area contributed by atoms with Gasteiger partial charge in [-0.25, -0.2) is 0 Å². The van der Waals surface area contributed by atoms with E-state index in [-0.39, 0.29) is 18.5 Å². The quantitative estimate of drug-likeness (QED) is 0.574. The van der Waals surface area contributed by atoms with E-state index in [0.29, 0.717) is 17.1 Å². The molecule has 1 amide bonds. The van der Waals surface area contributed by atoms with Crippen LogP contribution in [0.25, 0.3) is 10.7 Å². The molecule has 0 aliphatic carbocycles. The van der Waals surface area contributed by atoms with E-state index in [2.05, 4.69) is 20.4 Å². The summed E-state index contributed by atoms with van der Waals surface area (Å²) in [6.07, 6.45) is 5.31. The van der Waals surface area contributed by atoms with Crippen molar-refractivity contribution in [3.05, 3.63) is 46.4 Å². The minimum Gasteiger partial charge on any atom is -0.468 e. The van der Waals surface area contributed by atoms with Crippen LogP contribution < -0.4 is 5.32 Å². The Morgan fingerprint density at radius 1 is 1.32 bits per heavy atom. The number of piperidine rings is 1. The van der Waals surface area contributed by atoms with Crippen molar-refractivity contribution in [2.45, 2.75) is 31.8 Å². The number of hydrogen-bond acceptors (Lipinski definition) is 6. The highest BCUT2D eigenvalue weighted by molar-refractivity contribution is 7.71. The van der Waals surface area contributed by atoms with Crippen LogP contribution in [0.4, 0.5) is 0 Å². The standard InChI is InChI=1S/C19H23N5O2S2/c25-17(13-24-18(21-22-19(24)27)16-7-5-11-28-16)20-12-14(15-6-4-10-26-15)23-8-2-1-3-9-23/h4-7,10-11,14H,1-3,8-9,12-13H2,(H,20,25)(H,22,27). The van der Waals surface area contributed by atoms with Crippen molar-refractivity contribution in [3.63, 3.8) is 0 Å². The van der Waals surface area contributed by atoms with Gasteiger partial charge in [-0.3, -0.25) is 19.4 Å². The highest BCUT2D eigenvalue weighted by Gasteiger charge is 2.25. The van der Waals surface area contributed by atoms with Crippen LogP contribution in [-0.2, 0) is 11.3 Å². The van der Waals surface area contributed by atoms with Gasteiger partial charge in [0.05, 0.1) is 17.2 Å². The fourth-order valence-corrected chi connectivity index (χ4v) is 4.51. The number of nitrogens with one attached hydrogen (secondary N) is 2. The number of aromatic amines is 1. The maximum Gasteiger partial charge on any atom is 0.240 e. The predicted molar refractivity (Wildman–Crippen MR) is 111 cm³/mol. The summed E-state index contributed by atoms with van der Waals surface area (Å²) >= 11 is 6.88. The van der Waals surface area contributed by atoms with E-state index in [1.807, 2.05) is 29.6 Å². The Morgan fingerprint density at radius 2 is 2.18 bits per heavy atom. The molecule has 3 aromatic heterocycles. The Labute approximate surface area is 172 Å². The number of furan rings is 1. The second-order valence-corrected chi connectivity index (χ2v) is 8.18. The number of hydrogen-bond donors (Lipinski definition) is 2. The molecule has 1 unspecified atom stereocenters. The zero-order valence-electron chi connectivity index (χ0n) is 15.5. The lowest BCUT2D eigenvalue weighted by atomic mass is 10.1. The first kappa shape index (κ1) is 19.1. The van der Waals surface area contributed by atoms with Crippen molar-refractivity contribution in [2.75, 3.05) is 19.6 Å². The highest BCUT2D eigenvalue weighted by atomic mass is 32.1. The second-order valence-electron chi connectivity index (χ2n) is 6.85. The topological polar surface area (TPSA) is 79.1 Å². The zero-order valence-corrected chi connectivity index (χ0v) is 17.1. The number of nitrogens with zero attached hydrogens (tertiary/aromatic N) is 3. The van der Waals surface area contributed by atoms with Crippen LogP contribution in [0.5, 0.6) is 0 Å². The van der Waals surface area contributed by atoms with Gasteiger partial charge in [-0.1, -0.05) is 12.5 Å². The van der Waals surface area contributed by atoms with E-state index in [1.54, 1.807) is 22.2 Å². The molecule has 0 spiro atoms. The van der Waals surface area contributed by atoms with Crippen LogP contribution >= 0.6 is 23.6 Å². The van der Waals surface area contributed by atoms with Crippen molar-refractivity contribution in [2.24, 2.45) is 0 Å². The second kappa shape index (κ2) is 8.85. The van der Waals surface area contributed by atoms with E-state index in [9.17, 15) is 4.79 Å². The van der Waals surface area contributed by atoms with Crippen LogP contribution in [0, 0.1) is 4.77 Å². The number of carbonyl (C=O) groups excluding carboxylic acids is 1. The first-order valence-electron chi connectivity index (χ1n) is 9.45. The summed E-state index contributed by atoms with van der Waals surface area (Å²) in [6, 6.07) is 7.84. The van der Waals surface area contributed by atoms with Crippen molar-refractivity contribution in [3.8, 4) is 10.7 Å². The van der Waals surface area contributed by atoms with Crippen LogP contribution in [0.2, 0.25) is 0 Å². The number of H-pyrrole nitrogens is 1. The Balaban J connectivity index is 1.43. The zero-order chi connectivity index (χ0) is 19.3. The largest absolute Gasteiger partial charge is 0.468 e. The van der Waals surface area contributed by atoms with Gasteiger partial charge in [-0.2, -0.15) is 5.10 Å². The number of aromatic nitrogens is 3. The van der Waals surface area contributed by atoms with Crippen LogP contribution in [0.3, 0.4) is 0 Å². The van der Waals surface area contributed by atoms with Gasteiger partial charge in [0.25, 0.3) is 0 Å². The molecule has 28 heavy (non-hydrogen) atoms. The summed E-state index contributed by atoms with van der Waals surface area (Å²) in [4.78, 5) is 16.0. The first-order valence-corrected chi connectivity index (χ1v) is 10.7. The van der Waals surface area contributed by atoms with Gasteiger partial charge in [-0.05, 0) is 61.7 Å². The van der Waals surface area contributed by atoms with Gasteiger partial charge in [-0.15, -0.1) is 11.3 Å². The number of thiophene rings is 1. The monoisotopic (exact) mass is 417 g/mol. The van der Waals surface area contributed by atoms with Crippen LogP contribution in [-0.4, -0.2) is 45.2 Å². The molecule has 0 bridgehead atoms. The molecule has 1 fully saturated rings. The van der Waals surface area contributed by atoms with Gasteiger partial charge >= 0.3 is 0 Å². The molecule has 0 aromatic carbocycles. The number of rotatable bonds is 7. The normalized spacial score (nSPS) is 16.1. The molecule has 4 heterocycles. The fourth-order valence-electron chi connectivity index (χ4n) is 3.59. The molecule has 1 atom stereocenters. The molecule has 1 aliphatic rings. The molecule has 3 aromatic rings. The minimum absolute atomic E-state index is 0.0494. The predicted octanol–water partition coefficient (Wildman–Crippen LogP) is 3.61. The number of carbonyl (C=O) groups is 1. The summed E-state index contributed by atoms with van der Waals surface area (Å²) in [5.74, 6) is 1.49. The van der Waals surface area contributed by atoms with Crippen molar-refractivity contribution in [1.29, 1.82) is 0 Å². The number of likely N-dealkylation sites (tertiary alicyclic amines) is 1. The molecule has 1 aliphatic heterocycles. The van der Waals surface area contributed by atoms with E-state index < -0.39 is 0 Å². The third-order valence-corrected chi connectivity index (χ3v) is 6.17. The lowest BCUT2D eigenvalue weighted by molar-refractivity contribution is -0.122. The SMILES string of the molecule is O=C(Cn1c(-c2cccs2)n[nH]c1=S)NCC(c1ccco1)N1CCCCC1. The van der Waals surface area contributed by atoms with E-state index in [1.165, 1.54) is 19.3 Å². The lowest BCUT2D eigenvalue weighted by Gasteiger charge is -2.33. The summed E-state index contributed by atoms with van der Waals surface area (Å²) in [5.41, 5.74) is 0. The third kappa shape index (κ3) is 4.26. The third-order valence-electron chi connectivity index (χ3n) is 5.00. The Bertz CT molecular complexity index is 940. The molecule has 7 nitrogen and oxygen atoms in total. The van der Waals surface area contributed by atoms with Gasteiger partial charge in [0, 0.05) is 6.54 Å². The average molecular weight is 418 g/mol. The first-order chi connectivity index (χ1) is 13.7. The van der Waals surface area contributed by atoms with Crippen molar-refractivity contribution >= 4 is 29.5 Å². The van der Waals surface area contributed by atoms with Crippen molar-refractivity contribution in [1.82, 2.24) is 25.0 Å². The van der Waals surface area contributed by atoms with E-state index >= 15 is 0 Å². The van der Waals surface area contributed by atoms with Gasteiger partial charge in [0.2, 0.25) is 5.91 Å². The molecule has 9 heteroatoms. The molecule has 4 rings (SSSR count). The molecular weight excluding hydrogens is 394 g/mol. The molecule has 0 saturated carbocycles. The van der Waals surface area contributed by atoms with Gasteiger partial charge in [0.15, 0.2) is 10.6 Å². The molecule has 2 N–H and O–H groups in total. The Hall–Kier alpha value is -2.23. The summed E-state index contributed by atoms with van der Waals surface area (Å²) in [5, 5.41) is 12.1. The smallest absolute Gasteiger partial charge is 0.240 e. The Morgan fingerprint density at radius 3 is 2.89 bits per heavy atom. The Kier molecular flexibility index (Phi) is 6.04. The van der Waals surface area contributed by atoms with Crippen LogP contribution in [0.1, 0.15) is 31.1 Å². The van der Waals surface area contributed by atoms with Crippen molar-refractivity contribution < 1.29 is 9.21 Å². The maximum atomic E-state index is 12.7. The van der Waals surface area contributed by atoms with Gasteiger partial charge in [0.1, 0.15) is 12.3 Å². The fraction of sp³-hybridized carbons (Fsp3) is 0.421. The van der Waals surface area contributed by atoms with E-state index in [4.69, 9.17) is 16.6 Å². The highest BCUT2D eigenvalue weighted by Crippen LogP contribution is 2.25. The molecular formula is C19H23N5O2S2. The number of amides is 1. The maximum absolute atomic E-state index is 12.7. The minimum atomic E-state index is -0.0936. The van der Waals surface area contributed by atoms with Crippen LogP contribution in [0.15, 0.2) is 40.3 Å².